The van der Waals surface area contributed by atoms with Gasteiger partial charge in [0.1, 0.15) is 54.6 Å². The molecule has 3 aromatic carbocycles. The lowest BCUT2D eigenvalue weighted by Gasteiger charge is -2.37. The fourth-order valence-electron chi connectivity index (χ4n) is 5.96. The maximum absolute atomic E-state index is 13.7. The zero-order chi connectivity index (χ0) is 37.3. The lowest BCUT2D eigenvalue weighted by Crippen LogP contribution is -2.41. The van der Waals surface area contributed by atoms with Crippen molar-refractivity contribution in [3.05, 3.63) is 118 Å². The number of carbonyl (C=O) groups excluding carboxylic acids is 2. The van der Waals surface area contributed by atoms with Gasteiger partial charge in [0.25, 0.3) is 6.29 Å². The van der Waals surface area contributed by atoms with E-state index in [0.717, 1.165) is 35.1 Å². The van der Waals surface area contributed by atoms with Gasteiger partial charge in [-0.1, -0.05) is 54.6 Å². The summed E-state index contributed by atoms with van der Waals surface area (Å²) in [5, 5.41) is 24.3. The number of carbonyl (C=O) groups is 2. The molecule has 1 aliphatic rings. The first-order valence-electron chi connectivity index (χ1n) is 16.3. The minimum Gasteiger partial charge on any atom is -0.497 e. The molecule has 2 heterocycles. The monoisotopic (exact) mass is 719 g/mol. The minimum atomic E-state index is -1.36. The normalized spacial score (nSPS) is 18.5. The highest BCUT2D eigenvalue weighted by atomic mass is 16.7. The molecule has 0 saturated carbocycles. The van der Waals surface area contributed by atoms with Gasteiger partial charge in [0, 0.05) is 20.0 Å². The van der Waals surface area contributed by atoms with Crippen LogP contribution in [0.25, 0.3) is 0 Å². The molecule has 5 rings (SSSR count). The predicted molar refractivity (Wildman–Crippen MR) is 184 cm³/mol. The summed E-state index contributed by atoms with van der Waals surface area (Å²) in [6.07, 6.45) is -4.75. The standard InChI is InChI=1S/C37H41N3O12/c1-23(42)50-32(51-24(2)43)21-48-22-49-34-33(44)30(20-41)52-35(34)40-19-18-31(38-36(40)45)39-37(25-8-6-5-7-9-25,26-10-14-28(46-3)15-11-26)27-12-16-29(47-4)17-13-27/h5-19,30,32-35,41,44H,20-22H2,1-4H3,(H,38,39,45)/t30-,33-,34-,35-/m1/s1. The number of hydrogen-bond acceptors (Lipinski definition) is 14. The van der Waals surface area contributed by atoms with Crippen molar-refractivity contribution in [1.82, 2.24) is 9.55 Å². The maximum Gasteiger partial charge on any atom is 0.351 e. The largest absolute Gasteiger partial charge is 0.497 e. The van der Waals surface area contributed by atoms with Gasteiger partial charge < -0.3 is 48.7 Å². The predicted octanol–water partition coefficient (Wildman–Crippen LogP) is 2.73. The molecule has 0 radical (unpaired) electrons. The first-order chi connectivity index (χ1) is 25.1. The van der Waals surface area contributed by atoms with Crippen LogP contribution >= 0.6 is 0 Å². The van der Waals surface area contributed by atoms with Gasteiger partial charge in [-0.2, -0.15) is 4.98 Å². The number of methoxy groups -OCH3 is 2. The van der Waals surface area contributed by atoms with Crippen molar-refractivity contribution in [3.63, 3.8) is 0 Å². The summed E-state index contributed by atoms with van der Waals surface area (Å²) in [7, 11) is 3.18. The molecular formula is C37H41N3O12. The van der Waals surface area contributed by atoms with Crippen molar-refractivity contribution in [2.45, 2.75) is 50.2 Å². The molecule has 1 saturated heterocycles. The Balaban J connectivity index is 1.46. The van der Waals surface area contributed by atoms with Crippen LogP contribution in [0.2, 0.25) is 0 Å². The summed E-state index contributed by atoms with van der Waals surface area (Å²) >= 11 is 0. The molecule has 0 unspecified atom stereocenters. The summed E-state index contributed by atoms with van der Waals surface area (Å²) in [6, 6.07) is 26.4. The molecule has 3 N–H and O–H groups in total. The van der Waals surface area contributed by atoms with E-state index in [1.54, 1.807) is 20.3 Å². The van der Waals surface area contributed by atoms with E-state index in [1.165, 1.54) is 6.20 Å². The number of hydrogen-bond donors (Lipinski definition) is 3. The summed E-state index contributed by atoms with van der Waals surface area (Å²) in [4.78, 5) is 40.8. The van der Waals surface area contributed by atoms with Crippen LogP contribution < -0.4 is 20.5 Å². The topological polar surface area (TPSA) is 186 Å². The van der Waals surface area contributed by atoms with Crippen molar-refractivity contribution in [3.8, 4) is 11.5 Å². The van der Waals surface area contributed by atoms with E-state index in [-0.39, 0.29) is 12.4 Å². The van der Waals surface area contributed by atoms with Crippen molar-refractivity contribution >= 4 is 17.8 Å². The average molecular weight is 720 g/mol. The summed E-state index contributed by atoms with van der Waals surface area (Å²) in [6.45, 7) is 0.870. The molecule has 15 heteroatoms. The van der Waals surface area contributed by atoms with E-state index < -0.39 is 67.4 Å². The highest BCUT2D eigenvalue weighted by Crippen LogP contribution is 2.41. The Bertz CT molecular complexity index is 1770. The molecule has 52 heavy (non-hydrogen) atoms. The Morgan fingerprint density at radius 2 is 1.44 bits per heavy atom. The van der Waals surface area contributed by atoms with Crippen LogP contribution in [-0.4, -0.2) is 90.5 Å². The van der Waals surface area contributed by atoms with E-state index in [1.807, 2.05) is 78.9 Å². The number of ether oxygens (including phenoxy) is 7. The van der Waals surface area contributed by atoms with Gasteiger partial charge in [0.15, 0.2) is 6.23 Å². The third kappa shape index (κ3) is 8.58. The molecule has 0 aliphatic carbocycles. The van der Waals surface area contributed by atoms with E-state index in [0.29, 0.717) is 11.5 Å². The molecule has 4 aromatic rings. The van der Waals surface area contributed by atoms with Gasteiger partial charge in [0.2, 0.25) is 0 Å². The molecule has 0 amide bonds. The van der Waals surface area contributed by atoms with Gasteiger partial charge in [-0.05, 0) is 47.0 Å². The first kappa shape index (κ1) is 37.9. The molecule has 4 atom stereocenters. The van der Waals surface area contributed by atoms with Gasteiger partial charge in [-0.3, -0.25) is 14.2 Å². The van der Waals surface area contributed by atoms with Crippen molar-refractivity contribution in [1.29, 1.82) is 0 Å². The number of aliphatic hydroxyl groups excluding tert-OH is 2. The third-order valence-electron chi connectivity index (χ3n) is 8.36. The average Bonchev–Trinajstić information content (AvgIpc) is 3.46. The summed E-state index contributed by atoms with van der Waals surface area (Å²) in [5.41, 5.74) is 0.685. The SMILES string of the molecule is COc1ccc(C(Nc2ccn([C@@H]3O[C@H](CO)[C@@H](O)[C@H]3OCOCC(OC(C)=O)OC(C)=O)c(=O)n2)(c2ccccc2)c2ccc(OC)cc2)cc1. The van der Waals surface area contributed by atoms with E-state index in [9.17, 15) is 24.6 Å². The Kier molecular flexibility index (Phi) is 12.6. The maximum atomic E-state index is 13.7. The number of esters is 2. The lowest BCUT2D eigenvalue weighted by molar-refractivity contribution is -0.208. The van der Waals surface area contributed by atoms with Gasteiger partial charge >= 0.3 is 17.6 Å². The lowest BCUT2D eigenvalue weighted by atomic mass is 9.77. The molecular weight excluding hydrogens is 678 g/mol. The number of nitrogens with one attached hydrogen (secondary N) is 1. The summed E-state index contributed by atoms with van der Waals surface area (Å²) < 4.78 is 38.8. The van der Waals surface area contributed by atoms with Gasteiger partial charge in [-0.25, -0.2) is 4.79 Å². The van der Waals surface area contributed by atoms with Crippen LogP contribution in [0, 0.1) is 0 Å². The second kappa shape index (κ2) is 17.3. The zero-order valence-corrected chi connectivity index (χ0v) is 29.0. The molecule has 0 spiro atoms. The summed E-state index contributed by atoms with van der Waals surface area (Å²) in [5.74, 6) is 0.158. The highest BCUT2D eigenvalue weighted by molar-refractivity contribution is 5.68. The molecule has 15 nitrogen and oxygen atoms in total. The van der Waals surface area contributed by atoms with Crippen molar-refractivity contribution in [2.24, 2.45) is 0 Å². The molecule has 0 bridgehead atoms. The van der Waals surface area contributed by atoms with Crippen LogP contribution in [0.1, 0.15) is 36.8 Å². The smallest absolute Gasteiger partial charge is 0.351 e. The quantitative estimate of drug-likeness (QED) is 0.0664. The van der Waals surface area contributed by atoms with Crippen LogP contribution in [0.3, 0.4) is 0 Å². The van der Waals surface area contributed by atoms with Crippen LogP contribution in [0.5, 0.6) is 11.5 Å². The number of aliphatic hydroxyl groups is 2. The van der Waals surface area contributed by atoms with E-state index in [4.69, 9.17) is 33.2 Å². The Labute approximate surface area is 299 Å². The van der Waals surface area contributed by atoms with Crippen molar-refractivity contribution < 1.29 is 53.0 Å². The highest BCUT2D eigenvalue weighted by Gasteiger charge is 2.46. The molecule has 1 aromatic heterocycles. The van der Waals surface area contributed by atoms with E-state index >= 15 is 0 Å². The number of rotatable bonds is 16. The number of benzene rings is 3. The van der Waals surface area contributed by atoms with Crippen LogP contribution in [0.15, 0.2) is 95.9 Å². The second-order valence-electron chi connectivity index (χ2n) is 11.7. The Morgan fingerprint density at radius 1 is 0.885 bits per heavy atom. The third-order valence-corrected chi connectivity index (χ3v) is 8.36. The minimum absolute atomic E-state index is 0.219. The Morgan fingerprint density at radius 3 is 1.94 bits per heavy atom. The number of aromatic nitrogens is 2. The first-order valence-corrected chi connectivity index (χ1v) is 16.3. The van der Waals surface area contributed by atoms with Crippen molar-refractivity contribution in [2.75, 3.05) is 39.5 Å². The number of nitrogens with zero attached hydrogens (tertiary/aromatic N) is 2. The zero-order valence-electron chi connectivity index (χ0n) is 29.0. The fraction of sp³-hybridized carbons (Fsp3) is 0.351. The van der Waals surface area contributed by atoms with Gasteiger partial charge in [-0.15, -0.1) is 0 Å². The van der Waals surface area contributed by atoms with E-state index in [2.05, 4.69) is 10.3 Å². The number of anilines is 1. The Hall–Kier alpha value is -5.32. The second-order valence-corrected chi connectivity index (χ2v) is 11.7. The van der Waals surface area contributed by atoms with Gasteiger partial charge in [0.05, 0.1) is 20.8 Å². The van der Waals surface area contributed by atoms with Crippen LogP contribution in [-0.2, 0) is 38.8 Å². The fourth-order valence-corrected chi connectivity index (χ4v) is 5.96. The molecule has 276 valence electrons. The molecule has 1 aliphatic heterocycles. The van der Waals surface area contributed by atoms with Crippen LogP contribution in [0.4, 0.5) is 5.82 Å². The molecule has 1 fully saturated rings.